The van der Waals surface area contributed by atoms with E-state index in [1.807, 2.05) is 60.7 Å². The molecule has 0 radical (unpaired) electrons. The topological polar surface area (TPSA) is 57.9 Å². The Hall–Kier alpha value is -2.55. The molecule has 3 rings (SSSR count). The maximum atomic E-state index is 13.2. The third kappa shape index (κ3) is 4.60. The van der Waals surface area contributed by atoms with Crippen LogP contribution in [0, 0.1) is 11.3 Å². The first-order valence-electron chi connectivity index (χ1n) is 8.52. The SMILES string of the molecule is N#CC(C(SCc1ccccc1)c1ccccc1)S(=O)(=O)c1ccccc1. The molecular weight excluding hydrogens is 374 g/mol. The summed E-state index contributed by atoms with van der Waals surface area (Å²) >= 11 is 1.48. The van der Waals surface area contributed by atoms with Crippen LogP contribution >= 0.6 is 11.8 Å². The first kappa shape index (κ1) is 19.2. The standard InChI is InChI=1S/C22H19NO2S2/c23-16-21(27(24,25)20-14-8-3-9-15-20)22(19-12-6-2-7-13-19)26-17-18-10-4-1-5-11-18/h1-15,21-22H,17H2. The average molecular weight is 394 g/mol. The van der Waals surface area contributed by atoms with E-state index in [1.165, 1.54) is 11.8 Å². The third-order valence-corrected chi connectivity index (χ3v) is 7.76. The van der Waals surface area contributed by atoms with Crippen LogP contribution in [0.25, 0.3) is 0 Å². The zero-order chi connectivity index (χ0) is 19.1. The Morgan fingerprint density at radius 2 is 1.33 bits per heavy atom. The summed E-state index contributed by atoms with van der Waals surface area (Å²) < 4.78 is 26.3. The minimum atomic E-state index is -3.78. The fraction of sp³-hybridized carbons (Fsp3) is 0.136. The molecule has 3 aromatic rings. The van der Waals surface area contributed by atoms with Crippen molar-refractivity contribution < 1.29 is 8.42 Å². The molecule has 0 aliphatic carbocycles. The van der Waals surface area contributed by atoms with Crippen LogP contribution in [0.15, 0.2) is 95.9 Å². The lowest BCUT2D eigenvalue weighted by Gasteiger charge is -2.22. The predicted octanol–water partition coefficient (Wildman–Crippen LogP) is 5.03. The van der Waals surface area contributed by atoms with Gasteiger partial charge in [-0.05, 0) is 23.3 Å². The number of thioether (sulfide) groups is 1. The van der Waals surface area contributed by atoms with Crippen molar-refractivity contribution in [3.8, 4) is 6.07 Å². The monoisotopic (exact) mass is 393 g/mol. The molecule has 27 heavy (non-hydrogen) atoms. The minimum absolute atomic E-state index is 0.179. The number of nitriles is 1. The first-order valence-corrected chi connectivity index (χ1v) is 11.1. The molecule has 0 aliphatic heterocycles. The van der Waals surface area contributed by atoms with Crippen LogP contribution in [0.5, 0.6) is 0 Å². The molecule has 0 N–H and O–H groups in total. The van der Waals surface area contributed by atoms with Gasteiger partial charge in [-0.2, -0.15) is 5.26 Å². The molecule has 0 aromatic heterocycles. The van der Waals surface area contributed by atoms with Gasteiger partial charge in [-0.3, -0.25) is 0 Å². The van der Waals surface area contributed by atoms with Crippen molar-refractivity contribution in [3.05, 3.63) is 102 Å². The van der Waals surface area contributed by atoms with Crippen LogP contribution in [0.2, 0.25) is 0 Å². The highest BCUT2D eigenvalue weighted by Gasteiger charge is 2.36. The molecule has 0 saturated carbocycles. The van der Waals surface area contributed by atoms with Gasteiger partial charge < -0.3 is 0 Å². The molecule has 0 saturated heterocycles. The minimum Gasteiger partial charge on any atom is -0.222 e. The second kappa shape index (κ2) is 8.90. The fourth-order valence-corrected chi connectivity index (χ4v) is 6.09. The van der Waals surface area contributed by atoms with Crippen molar-refractivity contribution >= 4 is 21.6 Å². The van der Waals surface area contributed by atoms with E-state index in [2.05, 4.69) is 6.07 Å². The van der Waals surface area contributed by atoms with Crippen LogP contribution in [0.4, 0.5) is 0 Å². The summed E-state index contributed by atoms with van der Waals surface area (Å²) in [5, 5.41) is 8.15. The summed E-state index contributed by atoms with van der Waals surface area (Å²) in [5.41, 5.74) is 1.93. The number of rotatable bonds is 7. The molecule has 0 spiro atoms. The van der Waals surface area contributed by atoms with E-state index in [1.54, 1.807) is 30.3 Å². The van der Waals surface area contributed by atoms with Crippen LogP contribution in [0.1, 0.15) is 16.4 Å². The Bertz CT molecular complexity index is 998. The van der Waals surface area contributed by atoms with Gasteiger partial charge in [0.05, 0.1) is 16.2 Å². The number of benzene rings is 3. The zero-order valence-corrected chi connectivity index (χ0v) is 16.2. The molecular formula is C22H19NO2S2. The van der Waals surface area contributed by atoms with Crippen LogP contribution in [-0.4, -0.2) is 13.7 Å². The number of nitrogens with zero attached hydrogens (tertiary/aromatic N) is 1. The Kier molecular flexibility index (Phi) is 6.33. The molecule has 2 unspecified atom stereocenters. The smallest absolute Gasteiger partial charge is 0.196 e. The summed E-state index contributed by atoms with van der Waals surface area (Å²) in [6.45, 7) is 0. The lowest BCUT2D eigenvalue weighted by atomic mass is 10.1. The summed E-state index contributed by atoms with van der Waals surface area (Å²) in [5.74, 6) is 0.628. The molecule has 0 heterocycles. The normalized spacial score (nSPS) is 13.4. The van der Waals surface area contributed by atoms with Crippen LogP contribution < -0.4 is 0 Å². The quantitative estimate of drug-likeness (QED) is 0.565. The lowest BCUT2D eigenvalue weighted by Crippen LogP contribution is -2.26. The average Bonchev–Trinajstić information content (AvgIpc) is 2.73. The highest BCUT2D eigenvalue weighted by atomic mass is 32.2. The zero-order valence-electron chi connectivity index (χ0n) is 14.6. The van der Waals surface area contributed by atoms with E-state index in [4.69, 9.17) is 0 Å². The fourth-order valence-electron chi connectivity index (χ4n) is 2.82. The van der Waals surface area contributed by atoms with Gasteiger partial charge >= 0.3 is 0 Å². The number of hydrogen-bond donors (Lipinski definition) is 0. The second-order valence-electron chi connectivity index (χ2n) is 6.04. The van der Waals surface area contributed by atoms with Crippen molar-refractivity contribution in [2.45, 2.75) is 21.1 Å². The Labute approximate surface area is 164 Å². The van der Waals surface area contributed by atoms with Crippen molar-refractivity contribution in [2.24, 2.45) is 0 Å². The van der Waals surface area contributed by atoms with Gasteiger partial charge in [-0.25, -0.2) is 8.42 Å². The second-order valence-corrected chi connectivity index (χ2v) is 9.23. The van der Waals surface area contributed by atoms with E-state index in [9.17, 15) is 13.7 Å². The highest BCUT2D eigenvalue weighted by molar-refractivity contribution is 8.00. The molecule has 3 aromatic carbocycles. The third-order valence-electron chi connectivity index (χ3n) is 4.21. The summed E-state index contributed by atoms with van der Waals surface area (Å²) in [6.07, 6.45) is 0. The van der Waals surface area contributed by atoms with Gasteiger partial charge in [0.15, 0.2) is 15.1 Å². The molecule has 136 valence electrons. The van der Waals surface area contributed by atoms with Crippen molar-refractivity contribution in [1.82, 2.24) is 0 Å². The first-order chi connectivity index (χ1) is 13.1. The molecule has 0 amide bonds. The van der Waals surface area contributed by atoms with Gasteiger partial charge in [-0.1, -0.05) is 78.9 Å². The van der Waals surface area contributed by atoms with Gasteiger partial charge in [0.2, 0.25) is 0 Å². The lowest BCUT2D eigenvalue weighted by molar-refractivity contribution is 0.587. The maximum Gasteiger partial charge on any atom is 0.196 e. The summed E-state index contributed by atoms with van der Waals surface area (Å²) in [6, 6.07) is 29.5. The van der Waals surface area contributed by atoms with E-state index in [0.29, 0.717) is 5.75 Å². The van der Waals surface area contributed by atoms with Gasteiger partial charge in [-0.15, -0.1) is 11.8 Å². The van der Waals surface area contributed by atoms with E-state index < -0.39 is 20.3 Å². The highest BCUT2D eigenvalue weighted by Crippen LogP contribution is 2.39. The molecule has 3 nitrogen and oxygen atoms in total. The summed E-state index contributed by atoms with van der Waals surface area (Å²) in [7, 11) is -3.78. The van der Waals surface area contributed by atoms with Crippen LogP contribution in [0.3, 0.4) is 0 Å². The molecule has 5 heteroatoms. The Balaban J connectivity index is 1.96. The Morgan fingerprint density at radius 3 is 1.89 bits per heavy atom. The largest absolute Gasteiger partial charge is 0.222 e. The van der Waals surface area contributed by atoms with E-state index in [-0.39, 0.29) is 4.90 Å². The molecule has 0 aliphatic rings. The molecule has 2 atom stereocenters. The van der Waals surface area contributed by atoms with E-state index in [0.717, 1.165) is 11.1 Å². The van der Waals surface area contributed by atoms with Gasteiger partial charge in [0.25, 0.3) is 0 Å². The van der Waals surface area contributed by atoms with Crippen molar-refractivity contribution in [3.63, 3.8) is 0 Å². The van der Waals surface area contributed by atoms with Gasteiger partial charge in [0.1, 0.15) is 0 Å². The number of sulfone groups is 1. The van der Waals surface area contributed by atoms with Gasteiger partial charge in [0, 0.05) is 5.75 Å². The maximum absolute atomic E-state index is 13.2. The van der Waals surface area contributed by atoms with Crippen molar-refractivity contribution in [1.29, 1.82) is 5.26 Å². The van der Waals surface area contributed by atoms with E-state index >= 15 is 0 Å². The van der Waals surface area contributed by atoms with Crippen LogP contribution in [-0.2, 0) is 15.6 Å². The Morgan fingerprint density at radius 1 is 0.815 bits per heavy atom. The predicted molar refractivity (Wildman–Crippen MR) is 110 cm³/mol. The van der Waals surface area contributed by atoms with Crippen molar-refractivity contribution in [2.75, 3.05) is 0 Å². The number of hydrogen-bond acceptors (Lipinski definition) is 4. The molecule has 0 bridgehead atoms. The summed E-state index contributed by atoms with van der Waals surface area (Å²) in [4.78, 5) is 0.179. The molecule has 0 fully saturated rings.